The van der Waals surface area contributed by atoms with E-state index in [1.54, 1.807) is 29.1 Å². The summed E-state index contributed by atoms with van der Waals surface area (Å²) >= 11 is 1.59. The van der Waals surface area contributed by atoms with Crippen LogP contribution in [0.15, 0.2) is 24.1 Å². The Bertz CT molecular complexity index is 441. The first-order valence-corrected chi connectivity index (χ1v) is 5.91. The van der Waals surface area contributed by atoms with Gasteiger partial charge in [0.25, 0.3) is 0 Å². The lowest BCUT2D eigenvalue weighted by Crippen LogP contribution is -2.24. The maximum Gasteiger partial charge on any atom is 0.188 e. The summed E-state index contributed by atoms with van der Waals surface area (Å²) in [6, 6.07) is 0. The standard InChI is InChI=1S/C9H14N6S/c1-9(2,3)15-8(11-5-13-15)16-7-14-6-10-4-12-14/h4-6H,7H2,1-3H3. The summed E-state index contributed by atoms with van der Waals surface area (Å²) in [7, 11) is 0. The number of hydrogen-bond acceptors (Lipinski definition) is 5. The molecule has 0 N–H and O–H groups in total. The van der Waals surface area contributed by atoms with Crippen LogP contribution in [0.5, 0.6) is 0 Å². The Morgan fingerprint density at radius 3 is 2.69 bits per heavy atom. The highest BCUT2D eigenvalue weighted by atomic mass is 32.2. The first kappa shape index (κ1) is 11.1. The molecule has 7 heteroatoms. The maximum atomic E-state index is 4.24. The van der Waals surface area contributed by atoms with Gasteiger partial charge in [-0.25, -0.2) is 19.3 Å². The van der Waals surface area contributed by atoms with Crippen molar-refractivity contribution in [2.75, 3.05) is 0 Å². The van der Waals surface area contributed by atoms with Gasteiger partial charge in [-0.1, -0.05) is 11.8 Å². The molecule has 0 aliphatic rings. The molecule has 86 valence electrons. The van der Waals surface area contributed by atoms with Gasteiger partial charge in [0, 0.05) is 0 Å². The molecule has 0 saturated heterocycles. The summed E-state index contributed by atoms with van der Waals surface area (Å²) in [5.74, 6) is 0.689. The molecule has 0 aliphatic heterocycles. The monoisotopic (exact) mass is 238 g/mol. The Morgan fingerprint density at radius 1 is 1.25 bits per heavy atom. The minimum atomic E-state index is -0.0544. The van der Waals surface area contributed by atoms with Crippen molar-refractivity contribution in [3.05, 3.63) is 19.0 Å². The predicted molar refractivity (Wildman–Crippen MR) is 60.9 cm³/mol. The predicted octanol–water partition coefficient (Wildman–Crippen LogP) is 1.37. The molecule has 0 aromatic carbocycles. The van der Waals surface area contributed by atoms with Gasteiger partial charge in [0.15, 0.2) is 5.16 Å². The number of hydrogen-bond donors (Lipinski definition) is 0. The van der Waals surface area contributed by atoms with Crippen LogP contribution in [0, 0.1) is 0 Å². The van der Waals surface area contributed by atoms with Gasteiger partial charge in [-0.15, -0.1) is 0 Å². The Morgan fingerprint density at radius 2 is 2.06 bits per heavy atom. The molecule has 2 aromatic heterocycles. The molecule has 0 unspecified atom stereocenters. The third-order valence-corrected chi connectivity index (χ3v) is 2.87. The molecule has 0 amide bonds. The van der Waals surface area contributed by atoms with Gasteiger partial charge >= 0.3 is 0 Å². The molecule has 6 nitrogen and oxygen atoms in total. The molecule has 0 bridgehead atoms. The van der Waals surface area contributed by atoms with Crippen molar-refractivity contribution >= 4 is 11.8 Å². The maximum absolute atomic E-state index is 4.24. The highest BCUT2D eigenvalue weighted by Crippen LogP contribution is 2.22. The topological polar surface area (TPSA) is 61.4 Å². The van der Waals surface area contributed by atoms with Crippen LogP contribution in [-0.4, -0.2) is 29.5 Å². The van der Waals surface area contributed by atoms with Crippen molar-refractivity contribution in [1.82, 2.24) is 29.5 Å². The third kappa shape index (κ3) is 2.41. The van der Waals surface area contributed by atoms with Crippen LogP contribution in [0.2, 0.25) is 0 Å². The first-order valence-electron chi connectivity index (χ1n) is 4.93. The Hall–Kier alpha value is -1.37. The summed E-state index contributed by atoms with van der Waals surface area (Å²) in [6.07, 6.45) is 4.79. The number of aromatic nitrogens is 6. The van der Waals surface area contributed by atoms with E-state index < -0.39 is 0 Å². The summed E-state index contributed by atoms with van der Waals surface area (Å²) < 4.78 is 3.67. The van der Waals surface area contributed by atoms with Crippen molar-refractivity contribution in [3.63, 3.8) is 0 Å². The highest BCUT2D eigenvalue weighted by molar-refractivity contribution is 7.98. The number of rotatable bonds is 3. The van der Waals surface area contributed by atoms with Crippen LogP contribution in [0.3, 0.4) is 0 Å². The lowest BCUT2D eigenvalue weighted by Gasteiger charge is -2.20. The van der Waals surface area contributed by atoms with E-state index in [1.165, 1.54) is 6.33 Å². The molecule has 0 radical (unpaired) electrons. The van der Waals surface area contributed by atoms with Crippen LogP contribution in [-0.2, 0) is 11.4 Å². The largest absolute Gasteiger partial charge is 0.243 e. The quantitative estimate of drug-likeness (QED) is 0.756. The molecule has 2 aromatic rings. The van der Waals surface area contributed by atoms with Crippen LogP contribution in [0.1, 0.15) is 20.8 Å². The SMILES string of the molecule is CC(C)(C)n1ncnc1SCn1cncn1. The van der Waals surface area contributed by atoms with Gasteiger partial charge in [0.05, 0.1) is 11.4 Å². The molecular weight excluding hydrogens is 224 g/mol. The lowest BCUT2D eigenvalue weighted by molar-refractivity contribution is 0.326. The molecule has 2 heterocycles. The van der Waals surface area contributed by atoms with Gasteiger partial charge in [-0.2, -0.15) is 10.2 Å². The van der Waals surface area contributed by atoms with Crippen molar-refractivity contribution in [2.45, 2.75) is 37.3 Å². The number of nitrogens with zero attached hydrogens (tertiary/aromatic N) is 6. The van der Waals surface area contributed by atoms with Crippen LogP contribution >= 0.6 is 11.8 Å². The van der Waals surface area contributed by atoms with Crippen LogP contribution in [0.25, 0.3) is 0 Å². The summed E-state index contributed by atoms with van der Waals surface area (Å²) in [5, 5.41) is 9.15. The van der Waals surface area contributed by atoms with Crippen molar-refractivity contribution in [1.29, 1.82) is 0 Å². The fraction of sp³-hybridized carbons (Fsp3) is 0.556. The van der Waals surface area contributed by atoms with E-state index in [9.17, 15) is 0 Å². The van der Waals surface area contributed by atoms with Gasteiger partial charge in [0.1, 0.15) is 19.0 Å². The van der Waals surface area contributed by atoms with Gasteiger partial charge in [-0.3, -0.25) is 0 Å². The van der Waals surface area contributed by atoms with Gasteiger partial charge < -0.3 is 0 Å². The summed E-state index contributed by atoms with van der Waals surface area (Å²) in [5.41, 5.74) is -0.0544. The van der Waals surface area contributed by atoms with E-state index in [2.05, 4.69) is 40.9 Å². The normalized spacial score (nSPS) is 11.9. The van der Waals surface area contributed by atoms with Crippen molar-refractivity contribution < 1.29 is 0 Å². The van der Waals surface area contributed by atoms with Crippen LogP contribution in [0.4, 0.5) is 0 Å². The second-order valence-electron chi connectivity index (χ2n) is 4.33. The molecule has 0 spiro atoms. The minimum absolute atomic E-state index is 0.0544. The average Bonchev–Trinajstić information content (AvgIpc) is 2.85. The van der Waals surface area contributed by atoms with E-state index in [0.717, 1.165) is 5.16 Å². The molecule has 2 rings (SSSR count). The molecular formula is C9H14N6S. The average molecular weight is 238 g/mol. The second kappa shape index (κ2) is 4.25. The highest BCUT2D eigenvalue weighted by Gasteiger charge is 2.18. The zero-order valence-electron chi connectivity index (χ0n) is 9.53. The smallest absolute Gasteiger partial charge is 0.188 e. The minimum Gasteiger partial charge on any atom is -0.243 e. The second-order valence-corrected chi connectivity index (χ2v) is 5.25. The van der Waals surface area contributed by atoms with Crippen molar-refractivity contribution in [3.8, 4) is 0 Å². The Labute approximate surface area is 98.1 Å². The molecule has 0 fully saturated rings. The number of thioether (sulfide) groups is 1. The Kier molecular flexibility index (Phi) is 2.95. The van der Waals surface area contributed by atoms with E-state index in [-0.39, 0.29) is 5.54 Å². The fourth-order valence-electron chi connectivity index (χ4n) is 1.21. The van der Waals surface area contributed by atoms with Gasteiger partial charge in [0.2, 0.25) is 0 Å². The molecule has 16 heavy (non-hydrogen) atoms. The van der Waals surface area contributed by atoms with E-state index in [4.69, 9.17) is 0 Å². The van der Waals surface area contributed by atoms with Gasteiger partial charge in [-0.05, 0) is 20.8 Å². The molecule has 0 saturated carbocycles. The summed E-state index contributed by atoms with van der Waals surface area (Å²) in [4.78, 5) is 8.12. The molecule has 0 aliphatic carbocycles. The Balaban J connectivity index is 2.08. The van der Waals surface area contributed by atoms with Crippen molar-refractivity contribution in [2.24, 2.45) is 0 Å². The van der Waals surface area contributed by atoms with Crippen LogP contribution < -0.4 is 0 Å². The zero-order valence-corrected chi connectivity index (χ0v) is 10.3. The lowest BCUT2D eigenvalue weighted by atomic mass is 10.1. The first-order chi connectivity index (χ1) is 7.57. The molecule has 0 atom stereocenters. The van der Waals surface area contributed by atoms with E-state index in [0.29, 0.717) is 5.88 Å². The zero-order chi connectivity index (χ0) is 11.6. The third-order valence-electron chi connectivity index (χ3n) is 1.94. The van der Waals surface area contributed by atoms with E-state index in [1.807, 2.05) is 4.68 Å². The summed E-state index contributed by atoms with van der Waals surface area (Å²) in [6.45, 7) is 6.30. The van der Waals surface area contributed by atoms with E-state index >= 15 is 0 Å². The fourth-order valence-corrected chi connectivity index (χ4v) is 2.16.